The summed E-state index contributed by atoms with van der Waals surface area (Å²) in [7, 11) is 0. The van der Waals surface area contributed by atoms with Gasteiger partial charge in [0.05, 0.1) is 5.56 Å². The molecule has 0 aliphatic carbocycles. The van der Waals surface area contributed by atoms with Crippen LogP contribution in [-0.2, 0) is 11.0 Å². The summed E-state index contributed by atoms with van der Waals surface area (Å²) >= 11 is 0. The number of hydrogen-bond donors (Lipinski definition) is 0. The van der Waals surface area contributed by atoms with Crippen LogP contribution in [0.4, 0.5) is 13.2 Å². The lowest BCUT2D eigenvalue weighted by molar-refractivity contribution is -0.137. The predicted molar refractivity (Wildman–Crippen MR) is 72.0 cm³/mol. The zero-order valence-corrected chi connectivity index (χ0v) is 11.6. The Kier molecular flexibility index (Phi) is 5.82. The van der Waals surface area contributed by atoms with Crippen molar-refractivity contribution < 1.29 is 18.0 Å². The second kappa shape index (κ2) is 7.14. The molecule has 0 aliphatic rings. The van der Waals surface area contributed by atoms with Crippen molar-refractivity contribution >= 4 is 5.78 Å². The molecule has 1 aromatic carbocycles. The minimum Gasteiger partial charge on any atom is -0.300 e. The second-order valence-corrected chi connectivity index (χ2v) is 4.76. The summed E-state index contributed by atoms with van der Waals surface area (Å²) < 4.78 is 37.1. The van der Waals surface area contributed by atoms with Crippen LogP contribution < -0.4 is 0 Å². The second-order valence-electron chi connectivity index (χ2n) is 4.76. The van der Waals surface area contributed by atoms with E-state index < -0.39 is 11.7 Å². The van der Waals surface area contributed by atoms with E-state index in [2.05, 4.69) is 11.8 Å². The molecular formula is C16H17F3O. The fraction of sp³-hybridized carbons (Fsp3) is 0.438. The van der Waals surface area contributed by atoms with Gasteiger partial charge in [-0.25, -0.2) is 0 Å². The van der Waals surface area contributed by atoms with E-state index in [0.717, 1.165) is 18.6 Å². The summed E-state index contributed by atoms with van der Waals surface area (Å²) in [5, 5.41) is 0. The van der Waals surface area contributed by atoms with Gasteiger partial charge in [-0.15, -0.1) is 0 Å². The zero-order chi connectivity index (χ0) is 15.2. The molecule has 1 rings (SSSR count). The van der Waals surface area contributed by atoms with Crippen LogP contribution in [-0.4, -0.2) is 5.78 Å². The van der Waals surface area contributed by atoms with E-state index in [-0.39, 0.29) is 11.7 Å². The third-order valence-corrected chi connectivity index (χ3v) is 2.99. The topological polar surface area (TPSA) is 17.1 Å². The van der Waals surface area contributed by atoms with Gasteiger partial charge in [-0.3, -0.25) is 0 Å². The van der Waals surface area contributed by atoms with E-state index >= 15 is 0 Å². The summed E-state index contributed by atoms with van der Waals surface area (Å²) in [6, 6.07) is 4.78. The highest BCUT2D eigenvalue weighted by Gasteiger charge is 2.29. The molecule has 4 heteroatoms. The minimum absolute atomic E-state index is 0.133. The van der Waals surface area contributed by atoms with Gasteiger partial charge in [0.2, 0.25) is 0 Å². The molecule has 0 amide bonds. The summed E-state index contributed by atoms with van der Waals surface area (Å²) in [5.74, 6) is 6.12. The fourth-order valence-corrected chi connectivity index (χ4v) is 1.81. The van der Waals surface area contributed by atoms with Crippen LogP contribution >= 0.6 is 0 Å². The van der Waals surface area contributed by atoms with Crippen molar-refractivity contribution in [2.75, 3.05) is 0 Å². The Hall–Kier alpha value is -1.76. The minimum atomic E-state index is -4.32. The molecule has 0 unspecified atom stereocenters. The number of ketones is 1. The maximum atomic E-state index is 12.4. The Labute approximate surface area is 117 Å². The first-order valence-electron chi connectivity index (χ1n) is 6.48. The third kappa shape index (κ3) is 5.48. The van der Waals surface area contributed by atoms with Crippen molar-refractivity contribution in [2.45, 2.75) is 39.3 Å². The normalized spacial score (nSPS) is 12.4. The molecule has 0 saturated carbocycles. The zero-order valence-electron chi connectivity index (χ0n) is 11.6. The molecule has 0 aromatic heterocycles. The van der Waals surface area contributed by atoms with E-state index in [9.17, 15) is 18.0 Å². The molecule has 1 atom stereocenters. The van der Waals surface area contributed by atoms with Gasteiger partial charge in [-0.05, 0) is 37.1 Å². The first-order valence-corrected chi connectivity index (χ1v) is 6.48. The number of halogens is 3. The first kappa shape index (κ1) is 16.3. The summed E-state index contributed by atoms with van der Waals surface area (Å²) in [6.07, 6.45) is -2.38. The largest absolute Gasteiger partial charge is 0.416 e. The van der Waals surface area contributed by atoms with Crippen molar-refractivity contribution in [3.63, 3.8) is 0 Å². The van der Waals surface area contributed by atoms with Crippen LogP contribution in [0.1, 0.15) is 44.2 Å². The molecule has 108 valence electrons. The number of alkyl halides is 3. The van der Waals surface area contributed by atoms with Crippen LogP contribution in [0, 0.1) is 17.8 Å². The van der Waals surface area contributed by atoms with Gasteiger partial charge in [0.15, 0.2) is 0 Å². The number of benzene rings is 1. The monoisotopic (exact) mass is 282 g/mol. The lowest BCUT2D eigenvalue weighted by Crippen LogP contribution is -2.04. The molecule has 20 heavy (non-hydrogen) atoms. The van der Waals surface area contributed by atoms with Gasteiger partial charge in [0, 0.05) is 18.4 Å². The maximum absolute atomic E-state index is 12.4. The quantitative estimate of drug-likeness (QED) is 0.745. The van der Waals surface area contributed by atoms with Crippen molar-refractivity contribution in [3.05, 3.63) is 35.4 Å². The van der Waals surface area contributed by atoms with Crippen LogP contribution in [0.3, 0.4) is 0 Å². The molecule has 0 bridgehead atoms. The van der Waals surface area contributed by atoms with Crippen molar-refractivity contribution in [2.24, 2.45) is 5.92 Å². The molecule has 0 heterocycles. The molecule has 1 nitrogen and oxygen atoms in total. The summed E-state index contributed by atoms with van der Waals surface area (Å²) in [5.41, 5.74) is -0.123. The van der Waals surface area contributed by atoms with Crippen LogP contribution in [0.2, 0.25) is 0 Å². The van der Waals surface area contributed by atoms with E-state index in [0.29, 0.717) is 18.4 Å². The number of carbonyl (C=O) groups excluding carboxylic acids is 1. The molecule has 0 aliphatic heterocycles. The first-order chi connectivity index (χ1) is 9.32. The van der Waals surface area contributed by atoms with E-state index in [1.54, 1.807) is 6.92 Å². The van der Waals surface area contributed by atoms with Gasteiger partial charge in [-0.1, -0.05) is 25.2 Å². The van der Waals surface area contributed by atoms with Gasteiger partial charge in [0.1, 0.15) is 5.78 Å². The van der Waals surface area contributed by atoms with Crippen molar-refractivity contribution in [3.8, 4) is 11.8 Å². The smallest absolute Gasteiger partial charge is 0.300 e. The van der Waals surface area contributed by atoms with Crippen LogP contribution in [0.5, 0.6) is 0 Å². The Morgan fingerprint density at radius 3 is 2.30 bits per heavy atom. The summed E-state index contributed by atoms with van der Waals surface area (Å²) in [6.45, 7) is 3.54. The Balaban J connectivity index is 2.66. The number of Topliss-reactive ketones (excluding diaryl/α,β-unsaturated/α-hetero) is 1. The average Bonchev–Trinajstić information content (AvgIpc) is 2.36. The Morgan fingerprint density at radius 1 is 1.25 bits per heavy atom. The average molecular weight is 282 g/mol. The van der Waals surface area contributed by atoms with E-state index in [1.807, 2.05) is 6.92 Å². The van der Waals surface area contributed by atoms with Crippen molar-refractivity contribution in [1.82, 2.24) is 0 Å². The molecule has 0 N–H and O–H groups in total. The third-order valence-electron chi connectivity index (χ3n) is 2.99. The lowest BCUT2D eigenvalue weighted by atomic mass is 9.96. The van der Waals surface area contributed by atoms with Gasteiger partial charge in [0.25, 0.3) is 0 Å². The van der Waals surface area contributed by atoms with Crippen LogP contribution in [0.15, 0.2) is 24.3 Å². The highest BCUT2D eigenvalue weighted by atomic mass is 19.4. The summed E-state index contributed by atoms with van der Waals surface area (Å²) in [4.78, 5) is 11.0. The highest BCUT2D eigenvalue weighted by molar-refractivity contribution is 5.75. The fourth-order valence-electron chi connectivity index (χ4n) is 1.81. The van der Waals surface area contributed by atoms with Crippen LogP contribution in [0.25, 0.3) is 0 Å². The molecule has 0 spiro atoms. The van der Waals surface area contributed by atoms with Gasteiger partial charge < -0.3 is 4.79 Å². The van der Waals surface area contributed by atoms with Gasteiger partial charge in [-0.2, -0.15) is 13.2 Å². The Bertz CT molecular complexity index is 503. The Morgan fingerprint density at radius 2 is 1.85 bits per heavy atom. The molecule has 0 saturated heterocycles. The molecular weight excluding hydrogens is 265 g/mol. The van der Waals surface area contributed by atoms with E-state index in [4.69, 9.17) is 0 Å². The SMILES string of the molecule is CC[C@H](CC#Cc1ccc(C(F)(F)F)cc1)CC(C)=O. The number of carbonyl (C=O) groups is 1. The van der Waals surface area contributed by atoms with Crippen molar-refractivity contribution in [1.29, 1.82) is 0 Å². The molecule has 0 radical (unpaired) electrons. The molecule has 0 fully saturated rings. The molecule has 1 aromatic rings. The standard InChI is InChI=1S/C16H17F3O/c1-3-13(11-12(2)20)5-4-6-14-7-9-15(10-8-14)16(17,18)19/h7-10,13H,3,5,11H2,1-2H3/t13-/m1/s1. The highest BCUT2D eigenvalue weighted by Crippen LogP contribution is 2.28. The maximum Gasteiger partial charge on any atom is 0.416 e. The number of rotatable bonds is 4. The lowest BCUT2D eigenvalue weighted by Gasteiger charge is -2.07. The number of hydrogen-bond acceptors (Lipinski definition) is 1. The van der Waals surface area contributed by atoms with E-state index in [1.165, 1.54) is 12.1 Å². The van der Waals surface area contributed by atoms with Gasteiger partial charge >= 0.3 is 6.18 Å². The predicted octanol–water partition coefficient (Wildman–Crippen LogP) is 4.45.